The Labute approximate surface area is 168 Å². The molecule has 1 N–H and O–H groups in total. The molecule has 0 bridgehead atoms. The van der Waals surface area contributed by atoms with Crippen molar-refractivity contribution in [2.24, 2.45) is 0 Å². The molecule has 0 aliphatic carbocycles. The van der Waals surface area contributed by atoms with E-state index in [1.807, 2.05) is 25.1 Å². The van der Waals surface area contributed by atoms with Gasteiger partial charge in [0.2, 0.25) is 6.79 Å². The maximum absolute atomic E-state index is 12.9. The minimum Gasteiger partial charge on any atom is -0.507 e. The van der Waals surface area contributed by atoms with Gasteiger partial charge in [-0.05, 0) is 31.8 Å². The van der Waals surface area contributed by atoms with Crippen molar-refractivity contribution < 1.29 is 24.2 Å². The fourth-order valence-corrected chi connectivity index (χ4v) is 3.60. The second kappa shape index (κ2) is 7.60. The molecule has 2 aliphatic rings. The highest BCUT2D eigenvalue weighted by Crippen LogP contribution is 2.42. The number of Topliss-reactive ketones (excluding diaryl/α,β-unsaturated/α-hetero) is 1. The van der Waals surface area contributed by atoms with Crippen molar-refractivity contribution in [2.45, 2.75) is 6.04 Å². The van der Waals surface area contributed by atoms with Gasteiger partial charge in [-0.3, -0.25) is 9.59 Å². The van der Waals surface area contributed by atoms with E-state index in [2.05, 4.69) is 0 Å². The molecule has 7 nitrogen and oxygen atoms in total. The van der Waals surface area contributed by atoms with Crippen LogP contribution in [-0.2, 0) is 9.59 Å². The molecule has 1 fully saturated rings. The van der Waals surface area contributed by atoms with Gasteiger partial charge in [-0.1, -0.05) is 36.4 Å². The SMILES string of the molecule is CN(C)CCN1C(=O)C(=O)/C(=C(\O)c2ccccc2)C1c1ccc2c(c1)OCO2. The van der Waals surface area contributed by atoms with Gasteiger partial charge in [0, 0.05) is 18.7 Å². The molecular formula is C22H22N2O5. The van der Waals surface area contributed by atoms with Crippen LogP contribution < -0.4 is 9.47 Å². The predicted molar refractivity (Wildman–Crippen MR) is 107 cm³/mol. The third-order valence-corrected chi connectivity index (χ3v) is 5.09. The number of rotatable bonds is 5. The number of carbonyl (C=O) groups excluding carboxylic acids is 2. The van der Waals surface area contributed by atoms with Crippen LogP contribution in [0.15, 0.2) is 54.1 Å². The molecule has 0 spiro atoms. The Morgan fingerprint density at radius 3 is 2.55 bits per heavy atom. The number of likely N-dealkylation sites (tertiary alicyclic amines) is 1. The lowest BCUT2D eigenvalue weighted by Crippen LogP contribution is -2.35. The molecule has 1 amide bonds. The molecular weight excluding hydrogens is 372 g/mol. The number of ether oxygens (including phenoxy) is 2. The fraction of sp³-hybridized carbons (Fsp3) is 0.273. The zero-order chi connectivity index (χ0) is 20.5. The summed E-state index contributed by atoms with van der Waals surface area (Å²) < 4.78 is 10.8. The minimum atomic E-state index is -0.704. The lowest BCUT2D eigenvalue weighted by atomic mass is 9.95. The first-order chi connectivity index (χ1) is 14.0. The molecule has 1 unspecified atom stereocenters. The van der Waals surface area contributed by atoms with Gasteiger partial charge >= 0.3 is 0 Å². The first-order valence-electron chi connectivity index (χ1n) is 9.35. The van der Waals surface area contributed by atoms with Gasteiger partial charge in [0.1, 0.15) is 5.76 Å². The molecule has 2 aromatic carbocycles. The quantitative estimate of drug-likeness (QED) is 0.477. The summed E-state index contributed by atoms with van der Waals surface area (Å²) in [6.45, 7) is 1.06. The van der Waals surface area contributed by atoms with Crippen LogP contribution in [0.4, 0.5) is 0 Å². The van der Waals surface area contributed by atoms with Crippen LogP contribution in [0.3, 0.4) is 0 Å². The summed E-state index contributed by atoms with van der Waals surface area (Å²) in [7, 11) is 3.80. The van der Waals surface area contributed by atoms with Gasteiger partial charge in [-0.2, -0.15) is 0 Å². The van der Waals surface area contributed by atoms with Gasteiger partial charge in [0.15, 0.2) is 11.5 Å². The number of aliphatic hydroxyl groups is 1. The van der Waals surface area contributed by atoms with Crippen LogP contribution in [0, 0.1) is 0 Å². The van der Waals surface area contributed by atoms with E-state index in [-0.39, 0.29) is 18.1 Å². The van der Waals surface area contributed by atoms with Crippen molar-refractivity contribution in [1.82, 2.24) is 9.80 Å². The van der Waals surface area contributed by atoms with Crippen molar-refractivity contribution in [3.05, 3.63) is 65.2 Å². The maximum Gasteiger partial charge on any atom is 0.295 e. The molecule has 1 saturated heterocycles. The van der Waals surface area contributed by atoms with E-state index in [1.54, 1.807) is 42.5 Å². The highest BCUT2D eigenvalue weighted by atomic mass is 16.7. The Kier molecular flexibility index (Phi) is 4.98. The van der Waals surface area contributed by atoms with Gasteiger partial charge in [0.05, 0.1) is 11.6 Å². The molecule has 7 heteroatoms. The third-order valence-electron chi connectivity index (χ3n) is 5.09. The Hall–Kier alpha value is -3.32. The number of nitrogens with zero attached hydrogens (tertiary/aromatic N) is 2. The number of fused-ring (bicyclic) bond motifs is 1. The number of hydrogen-bond donors (Lipinski definition) is 1. The van der Waals surface area contributed by atoms with Crippen molar-refractivity contribution in [1.29, 1.82) is 0 Å². The van der Waals surface area contributed by atoms with Gasteiger partial charge in [-0.15, -0.1) is 0 Å². The largest absolute Gasteiger partial charge is 0.507 e. The molecule has 4 rings (SSSR count). The van der Waals surface area contributed by atoms with Crippen LogP contribution >= 0.6 is 0 Å². The van der Waals surface area contributed by atoms with Crippen LogP contribution in [0.5, 0.6) is 11.5 Å². The second-order valence-electron chi connectivity index (χ2n) is 7.27. The molecule has 2 heterocycles. The topological polar surface area (TPSA) is 79.3 Å². The van der Waals surface area contributed by atoms with Gasteiger partial charge in [0.25, 0.3) is 11.7 Å². The van der Waals surface area contributed by atoms with E-state index in [0.29, 0.717) is 35.7 Å². The maximum atomic E-state index is 12.9. The Morgan fingerprint density at radius 2 is 1.83 bits per heavy atom. The molecule has 29 heavy (non-hydrogen) atoms. The number of benzene rings is 2. The van der Waals surface area contributed by atoms with Gasteiger partial charge in [-0.25, -0.2) is 0 Å². The van der Waals surface area contributed by atoms with E-state index in [0.717, 1.165) is 0 Å². The first-order valence-corrected chi connectivity index (χ1v) is 9.35. The summed E-state index contributed by atoms with van der Waals surface area (Å²) in [4.78, 5) is 29.2. The van der Waals surface area contributed by atoms with E-state index < -0.39 is 17.7 Å². The first kappa shape index (κ1) is 19.0. The van der Waals surface area contributed by atoms with Crippen molar-refractivity contribution in [2.75, 3.05) is 34.0 Å². The smallest absolute Gasteiger partial charge is 0.295 e. The lowest BCUT2D eigenvalue weighted by Gasteiger charge is -2.26. The van der Waals surface area contributed by atoms with Crippen LogP contribution in [0.2, 0.25) is 0 Å². The summed E-state index contributed by atoms with van der Waals surface area (Å²) in [5.41, 5.74) is 1.26. The number of carbonyl (C=O) groups is 2. The zero-order valence-corrected chi connectivity index (χ0v) is 16.3. The normalized spacial score (nSPS) is 20.0. The van der Waals surface area contributed by atoms with Crippen molar-refractivity contribution >= 4 is 17.4 Å². The van der Waals surface area contributed by atoms with Crippen LogP contribution in [0.1, 0.15) is 17.2 Å². The van der Waals surface area contributed by atoms with Crippen molar-refractivity contribution in [3.63, 3.8) is 0 Å². The summed E-state index contributed by atoms with van der Waals surface area (Å²) in [6, 6.07) is 13.4. The summed E-state index contributed by atoms with van der Waals surface area (Å²) >= 11 is 0. The molecule has 150 valence electrons. The predicted octanol–water partition coefficient (Wildman–Crippen LogP) is 2.40. The number of likely N-dealkylation sites (N-methyl/N-ethyl adjacent to an activating group) is 1. The van der Waals surface area contributed by atoms with Gasteiger partial charge < -0.3 is 24.4 Å². The Morgan fingerprint density at radius 1 is 1.10 bits per heavy atom. The zero-order valence-electron chi connectivity index (χ0n) is 16.3. The summed E-state index contributed by atoms with van der Waals surface area (Å²) in [6.07, 6.45) is 0. The minimum absolute atomic E-state index is 0.0822. The molecule has 1 atom stereocenters. The van der Waals surface area contributed by atoms with E-state index in [4.69, 9.17) is 9.47 Å². The molecule has 2 aliphatic heterocycles. The van der Waals surface area contributed by atoms with E-state index in [9.17, 15) is 14.7 Å². The highest BCUT2D eigenvalue weighted by Gasteiger charge is 2.46. The van der Waals surface area contributed by atoms with Crippen molar-refractivity contribution in [3.8, 4) is 11.5 Å². The molecule has 0 saturated carbocycles. The number of amides is 1. The number of ketones is 1. The standard InChI is InChI=1S/C22H22N2O5/c1-23(2)10-11-24-19(15-8-9-16-17(12-15)29-13-28-16)18(21(26)22(24)27)20(25)14-6-4-3-5-7-14/h3-9,12,19,25H,10-11,13H2,1-2H3/b20-18-. The summed E-state index contributed by atoms with van der Waals surface area (Å²) in [5, 5.41) is 10.9. The van der Waals surface area contributed by atoms with E-state index in [1.165, 1.54) is 4.90 Å². The average molecular weight is 394 g/mol. The highest BCUT2D eigenvalue weighted by molar-refractivity contribution is 6.46. The number of aliphatic hydroxyl groups excluding tert-OH is 1. The second-order valence-corrected chi connectivity index (χ2v) is 7.27. The molecule has 2 aromatic rings. The van der Waals surface area contributed by atoms with Crippen LogP contribution in [0.25, 0.3) is 5.76 Å². The fourth-order valence-electron chi connectivity index (χ4n) is 3.60. The molecule has 0 aromatic heterocycles. The lowest BCUT2D eigenvalue weighted by molar-refractivity contribution is -0.140. The summed E-state index contributed by atoms with van der Waals surface area (Å²) in [5.74, 6) is -0.318. The molecule has 0 radical (unpaired) electrons. The monoisotopic (exact) mass is 394 g/mol. The Balaban J connectivity index is 1.84. The third kappa shape index (κ3) is 3.45. The van der Waals surface area contributed by atoms with E-state index >= 15 is 0 Å². The average Bonchev–Trinajstić information content (AvgIpc) is 3.29. The Bertz CT molecular complexity index is 984. The van der Waals surface area contributed by atoms with Crippen LogP contribution in [-0.4, -0.2) is 60.6 Å². The number of hydrogen-bond acceptors (Lipinski definition) is 6.